The Morgan fingerprint density at radius 3 is 2.37 bits per heavy atom. The van der Waals surface area contributed by atoms with E-state index in [1.54, 1.807) is 24.3 Å². The van der Waals surface area contributed by atoms with E-state index in [9.17, 15) is 13.2 Å². The lowest BCUT2D eigenvalue weighted by Gasteiger charge is -2.36. The Morgan fingerprint density at radius 1 is 1.11 bits per heavy atom. The number of benzene rings is 1. The van der Waals surface area contributed by atoms with Gasteiger partial charge in [0.25, 0.3) is 0 Å². The lowest BCUT2D eigenvalue weighted by atomic mass is 10.1. The Labute approximate surface area is 116 Å². The van der Waals surface area contributed by atoms with E-state index < -0.39 is 14.7 Å². The minimum atomic E-state index is -4.38. The van der Waals surface area contributed by atoms with Gasteiger partial charge in [0.1, 0.15) is 0 Å². The lowest BCUT2D eigenvalue weighted by Crippen LogP contribution is -2.19. The summed E-state index contributed by atoms with van der Waals surface area (Å²) in [6.45, 7) is 0. The molecular formula is C14H14ClF3S. The third-order valence-electron chi connectivity index (χ3n) is 3.92. The van der Waals surface area contributed by atoms with Crippen LogP contribution in [0.4, 0.5) is 13.2 Å². The number of rotatable bonds is 1. The average Bonchev–Trinajstić information content (AvgIpc) is 2.95. The minimum absolute atomic E-state index is 0.00141. The Hall–Kier alpha value is -0.610. The second kappa shape index (κ2) is 4.45. The minimum Gasteiger partial charge on any atom is -0.160 e. The van der Waals surface area contributed by atoms with Gasteiger partial charge in [-0.05, 0) is 61.3 Å². The zero-order valence-electron chi connectivity index (χ0n) is 10.2. The Kier molecular flexibility index (Phi) is 3.13. The number of hydrogen-bond acceptors (Lipinski definition) is 0. The van der Waals surface area contributed by atoms with Crippen LogP contribution in [0.5, 0.6) is 0 Å². The summed E-state index contributed by atoms with van der Waals surface area (Å²) in [6, 6.07) is 6.66. The van der Waals surface area contributed by atoms with Gasteiger partial charge < -0.3 is 0 Å². The summed E-state index contributed by atoms with van der Waals surface area (Å²) >= 11 is 0. The summed E-state index contributed by atoms with van der Waals surface area (Å²) < 4.78 is 40.8. The first kappa shape index (κ1) is 13.4. The van der Waals surface area contributed by atoms with Crippen molar-refractivity contribution < 1.29 is 13.2 Å². The van der Waals surface area contributed by atoms with Crippen LogP contribution >= 0.6 is 19.9 Å². The normalized spacial score (nSPS) is 30.8. The maximum Gasteiger partial charge on any atom is 0.445 e. The van der Waals surface area contributed by atoms with Crippen LogP contribution < -0.4 is 0 Å². The first-order valence-electron chi connectivity index (χ1n) is 6.34. The van der Waals surface area contributed by atoms with Gasteiger partial charge in [-0.1, -0.05) is 31.0 Å². The van der Waals surface area contributed by atoms with Gasteiger partial charge in [-0.15, -0.1) is 0 Å². The smallest absolute Gasteiger partial charge is 0.160 e. The summed E-state index contributed by atoms with van der Waals surface area (Å²) in [4.78, 5) is 0.700. The van der Waals surface area contributed by atoms with E-state index in [1.807, 2.05) is 0 Å². The molecule has 1 aliphatic carbocycles. The Bertz CT molecular complexity index is 532. The third kappa shape index (κ3) is 1.91. The van der Waals surface area contributed by atoms with Crippen molar-refractivity contribution in [3.05, 3.63) is 34.7 Å². The summed E-state index contributed by atoms with van der Waals surface area (Å²) in [5.74, 6) is 0.00141. The van der Waals surface area contributed by atoms with Crippen molar-refractivity contribution in [3.8, 4) is 0 Å². The zero-order chi connectivity index (χ0) is 13.7. The van der Waals surface area contributed by atoms with Crippen molar-refractivity contribution in [2.45, 2.75) is 36.1 Å². The largest absolute Gasteiger partial charge is 0.445 e. The fourth-order valence-electron chi connectivity index (χ4n) is 3.03. The van der Waals surface area contributed by atoms with Crippen LogP contribution in [-0.2, 0) is 0 Å². The van der Waals surface area contributed by atoms with Crippen molar-refractivity contribution in [2.24, 2.45) is 5.92 Å². The van der Waals surface area contributed by atoms with E-state index in [4.69, 9.17) is 10.7 Å². The molecule has 0 radical (unpaired) electrons. The molecule has 1 aliphatic heterocycles. The lowest BCUT2D eigenvalue weighted by molar-refractivity contribution is -0.0360. The fourth-order valence-corrected chi connectivity index (χ4v) is 6.44. The molecule has 104 valence electrons. The summed E-state index contributed by atoms with van der Waals surface area (Å²) in [7, 11) is 2.84. The van der Waals surface area contributed by atoms with Crippen LogP contribution in [0.1, 0.15) is 31.2 Å². The predicted octanol–water partition coefficient (Wildman–Crippen LogP) is 6.07. The Morgan fingerprint density at radius 2 is 1.74 bits per heavy atom. The standard InChI is InChI=1S/C14H14ClF3S/c15-19(14(16,17)18)12-8-4-3-7-11(12)9-13(19)10-5-1-2-6-10/h3-4,7-10H,1-2,5-6H2. The highest BCUT2D eigenvalue weighted by Crippen LogP contribution is 2.81. The van der Waals surface area contributed by atoms with Gasteiger partial charge in [0.2, 0.25) is 0 Å². The highest BCUT2D eigenvalue weighted by molar-refractivity contribution is 8.54. The van der Waals surface area contributed by atoms with Crippen LogP contribution in [0.15, 0.2) is 34.1 Å². The number of halogens is 4. The van der Waals surface area contributed by atoms with E-state index in [0.717, 1.165) is 25.7 Å². The fraction of sp³-hybridized carbons (Fsp3) is 0.429. The molecule has 1 aromatic rings. The SMILES string of the molecule is FC(F)(F)S1(Cl)C(C2CCCC2)=Cc2ccccc21. The number of fused-ring (bicyclic) bond motifs is 1. The quantitative estimate of drug-likeness (QED) is 0.591. The first-order chi connectivity index (χ1) is 8.94. The molecule has 1 fully saturated rings. The second-order valence-corrected chi connectivity index (χ2v) is 8.89. The number of alkyl halides is 3. The maximum absolute atomic E-state index is 13.6. The number of allylic oxidation sites excluding steroid dienone is 1. The molecular weight excluding hydrogens is 293 g/mol. The molecule has 1 atom stereocenters. The van der Waals surface area contributed by atoms with E-state index in [0.29, 0.717) is 10.5 Å². The molecule has 0 N–H and O–H groups in total. The molecule has 5 heteroatoms. The van der Waals surface area contributed by atoms with Crippen molar-refractivity contribution in [1.82, 2.24) is 0 Å². The first-order valence-corrected chi connectivity index (χ1v) is 8.80. The summed E-state index contributed by atoms with van der Waals surface area (Å²) in [6.07, 6.45) is 5.36. The molecule has 0 saturated heterocycles. The van der Waals surface area contributed by atoms with Crippen LogP contribution in [0.3, 0.4) is 0 Å². The Balaban J connectivity index is 2.14. The van der Waals surface area contributed by atoms with Crippen molar-refractivity contribution in [1.29, 1.82) is 0 Å². The molecule has 1 unspecified atom stereocenters. The maximum atomic E-state index is 13.6. The van der Waals surface area contributed by atoms with Gasteiger partial charge in [0.05, 0.1) is 0 Å². The highest BCUT2D eigenvalue weighted by atomic mass is 35.7. The molecule has 1 saturated carbocycles. The molecule has 1 aromatic carbocycles. The van der Waals surface area contributed by atoms with Gasteiger partial charge in [0, 0.05) is 4.90 Å². The number of hydrogen-bond donors (Lipinski definition) is 0. The molecule has 0 nitrogen and oxygen atoms in total. The molecule has 0 amide bonds. The second-order valence-electron chi connectivity index (χ2n) is 5.05. The van der Waals surface area contributed by atoms with E-state index in [2.05, 4.69) is 0 Å². The molecule has 2 aliphatic rings. The topological polar surface area (TPSA) is 0 Å². The highest BCUT2D eigenvalue weighted by Gasteiger charge is 2.57. The van der Waals surface area contributed by atoms with E-state index in [1.165, 1.54) is 6.07 Å². The van der Waals surface area contributed by atoms with E-state index >= 15 is 0 Å². The van der Waals surface area contributed by atoms with E-state index in [-0.39, 0.29) is 10.8 Å². The van der Waals surface area contributed by atoms with Crippen molar-refractivity contribution >= 4 is 26.0 Å². The van der Waals surface area contributed by atoms with Crippen LogP contribution in [0, 0.1) is 5.92 Å². The summed E-state index contributed by atoms with van der Waals surface area (Å²) in [5, 5.41) is 0. The van der Waals surface area contributed by atoms with Gasteiger partial charge in [-0.3, -0.25) is 0 Å². The molecule has 3 rings (SSSR count). The van der Waals surface area contributed by atoms with Crippen LogP contribution in [-0.4, -0.2) is 5.51 Å². The van der Waals surface area contributed by atoms with Crippen LogP contribution in [0.2, 0.25) is 0 Å². The average molecular weight is 307 g/mol. The van der Waals surface area contributed by atoms with Gasteiger partial charge in [0.15, 0.2) is 0 Å². The molecule has 0 aromatic heterocycles. The molecule has 1 heterocycles. The van der Waals surface area contributed by atoms with Gasteiger partial charge >= 0.3 is 5.51 Å². The van der Waals surface area contributed by atoms with Gasteiger partial charge in [-0.2, -0.15) is 13.2 Å². The predicted molar refractivity (Wildman–Crippen MR) is 74.1 cm³/mol. The monoisotopic (exact) mass is 306 g/mol. The molecule has 0 bridgehead atoms. The van der Waals surface area contributed by atoms with Crippen LogP contribution in [0.25, 0.3) is 6.08 Å². The molecule has 0 spiro atoms. The van der Waals surface area contributed by atoms with Crippen molar-refractivity contribution in [3.63, 3.8) is 0 Å². The molecule has 19 heavy (non-hydrogen) atoms. The summed E-state index contributed by atoms with van der Waals surface area (Å²) in [5.41, 5.74) is -3.73. The zero-order valence-corrected chi connectivity index (χ0v) is 11.8. The third-order valence-corrected chi connectivity index (χ3v) is 8.20. The van der Waals surface area contributed by atoms with Gasteiger partial charge in [-0.25, -0.2) is 0 Å². The van der Waals surface area contributed by atoms with Crippen molar-refractivity contribution in [2.75, 3.05) is 0 Å².